The highest BCUT2D eigenvalue weighted by Gasteiger charge is 2.23. The van der Waals surface area contributed by atoms with Gasteiger partial charge in [-0.25, -0.2) is 0 Å². The van der Waals surface area contributed by atoms with Crippen molar-refractivity contribution in [2.24, 2.45) is 0 Å². The molecule has 1 aliphatic rings. The van der Waals surface area contributed by atoms with E-state index in [1.165, 1.54) is 0 Å². The molecule has 0 saturated carbocycles. The van der Waals surface area contributed by atoms with E-state index in [0.29, 0.717) is 6.42 Å². The topological polar surface area (TPSA) is 40.5 Å². The molecule has 0 bridgehead atoms. The minimum absolute atomic E-state index is 0.113. The lowest BCUT2D eigenvalue weighted by molar-refractivity contribution is -0.137. The fourth-order valence-corrected chi connectivity index (χ4v) is 1.45. The van der Waals surface area contributed by atoms with Gasteiger partial charge in [0.1, 0.15) is 0 Å². The Bertz CT molecular complexity index is 157. The summed E-state index contributed by atoms with van der Waals surface area (Å²) in [5.74, 6) is 0.113. The molecule has 1 fully saturated rings. The molecule has 70 valence electrons. The fraction of sp³-hybridized carbons (Fsp3) is 0.889. The zero-order chi connectivity index (χ0) is 8.97. The number of piperidine rings is 1. The van der Waals surface area contributed by atoms with Crippen LogP contribution >= 0.6 is 0 Å². The zero-order valence-corrected chi connectivity index (χ0v) is 7.62. The first-order valence-electron chi connectivity index (χ1n) is 4.70. The first-order valence-corrected chi connectivity index (χ1v) is 4.70. The van der Waals surface area contributed by atoms with Crippen LogP contribution in [0, 0.1) is 0 Å². The van der Waals surface area contributed by atoms with E-state index in [0.717, 1.165) is 32.4 Å². The van der Waals surface area contributed by atoms with E-state index in [4.69, 9.17) is 0 Å². The third kappa shape index (κ3) is 2.48. The largest absolute Gasteiger partial charge is 0.393 e. The van der Waals surface area contributed by atoms with Crippen LogP contribution in [0.4, 0.5) is 0 Å². The molecule has 1 heterocycles. The average molecular weight is 171 g/mol. The molecule has 0 aromatic carbocycles. The number of hydrogen-bond donors (Lipinski definition) is 1. The van der Waals surface area contributed by atoms with Crippen molar-refractivity contribution in [3.05, 3.63) is 0 Å². The monoisotopic (exact) mass is 171 g/mol. The number of likely N-dealkylation sites (tertiary alicyclic amines) is 1. The highest BCUT2D eigenvalue weighted by molar-refractivity contribution is 5.77. The van der Waals surface area contributed by atoms with Crippen LogP contribution in [0.25, 0.3) is 0 Å². The number of carbonyl (C=O) groups is 1. The van der Waals surface area contributed by atoms with Crippen molar-refractivity contribution < 1.29 is 9.90 Å². The smallest absolute Gasteiger partial charge is 0.225 e. The first-order chi connectivity index (χ1) is 5.74. The number of aliphatic hydroxyl groups excluding tert-OH is 1. The van der Waals surface area contributed by atoms with Crippen LogP contribution in [0.15, 0.2) is 0 Å². The molecule has 0 spiro atoms. The van der Waals surface area contributed by atoms with Crippen molar-refractivity contribution >= 4 is 5.91 Å². The van der Waals surface area contributed by atoms with E-state index < -0.39 is 6.10 Å². The number of hydrogen-bond acceptors (Lipinski definition) is 2. The third-order valence-electron chi connectivity index (χ3n) is 2.28. The molecule has 1 amide bonds. The first kappa shape index (κ1) is 9.52. The second-order valence-electron chi connectivity index (χ2n) is 3.38. The van der Waals surface area contributed by atoms with E-state index in [1.807, 2.05) is 4.90 Å². The van der Waals surface area contributed by atoms with Gasteiger partial charge in [-0.15, -0.1) is 0 Å². The predicted molar refractivity (Wildman–Crippen MR) is 46.7 cm³/mol. The van der Waals surface area contributed by atoms with Crippen molar-refractivity contribution in [1.82, 2.24) is 4.90 Å². The summed E-state index contributed by atoms with van der Waals surface area (Å²) in [5, 5.41) is 9.18. The minimum atomic E-state index is -0.393. The Labute approximate surface area is 73.4 Å². The molecule has 0 aromatic heterocycles. The molecule has 12 heavy (non-hydrogen) atoms. The highest BCUT2D eigenvalue weighted by atomic mass is 16.3. The number of carbonyl (C=O) groups excluding carboxylic acids is 1. The van der Waals surface area contributed by atoms with Gasteiger partial charge >= 0.3 is 0 Å². The summed E-state index contributed by atoms with van der Waals surface area (Å²) in [4.78, 5) is 13.1. The number of rotatable bonds is 3. The molecule has 1 atom stereocenters. The Balaban J connectivity index is 2.30. The van der Waals surface area contributed by atoms with Crippen molar-refractivity contribution in [3.8, 4) is 0 Å². The summed E-state index contributed by atoms with van der Waals surface area (Å²) in [6.45, 7) is 3.71. The lowest BCUT2D eigenvalue weighted by Crippen LogP contribution is -2.41. The summed E-state index contributed by atoms with van der Waals surface area (Å²) in [5.41, 5.74) is 0. The molecule has 0 radical (unpaired) electrons. The van der Waals surface area contributed by atoms with Crippen molar-refractivity contribution in [1.29, 1.82) is 0 Å². The van der Waals surface area contributed by atoms with Gasteiger partial charge in [0.25, 0.3) is 0 Å². The van der Waals surface area contributed by atoms with Crippen LogP contribution in [-0.4, -0.2) is 35.1 Å². The highest BCUT2D eigenvalue weighted by Crippen LogP contribution is 2.11. The second kappa shape index (κ2) is 4.45. The van der Waals surface area contributed by atoms with Crippen LogP contribution in [-0.2, 0) is 4.79 Å². The van der Waals surface area contributed by atoms with Crippen molar-refractivity contribution in [2.75, 3.05) is 13.1 Å². The van der Waals surface area contributed by atoms with Crippen LogP contribution in [0.2, 0.25) is 0 Å². The normalized spacial score (nSPS) is 24.7. The average Bonchev–Trinajstić information content (AvgIpc) is 2.03. The van der Waals surface area contributed by atoms with Crippen LogP contribution in [0.1, 0.15) is 32.6 Å². The maximum absolute atomic E-state index is 11.3. The van der Waals surface area contributed by atoms with Gasteiger partial charge in [-0.2, -0.15) is 0 Å². The van der Waals surface area contributed by atoms with E-state index in [1.54, 1.807) is 0 Å². The molecular weight excluding hydrogens is 154 g/mol. The van der Waals surface area contributed by atoms with Crippen LogP contribution in [0.5, 0.6) is 0 Å². The lowest BCUT2D eigenvalue weighted by Gasteiger charge is -2.29. The summed E-state index contributed by atoms with van der Waals surface area (Å²) >= 11 is 0. The second-order valence-corrected chi connectivity index (χ2v) is 3.38. The Morgan fingerprint density at radius 1 is 1.67 bits per heavy atom. The molecule has 0 aliphatic carbocycles. The third-order valence-corrected chi connectivity index (χ3v) is 2.28. The van der Waals surface area contributed by atoms with E-state index in [2.05, 4.69) is 6.92 Å². The lowest BCUT2D eigenvalue weighted by atomic mass is 10.1. The molecule has 1 unspecified atom stereocenters. The van der Waals surface area contributed by atoms with Gasteiger partial charge in [0.05, 0.1) is 12.5 Å². The quantitative estimate of drug-likeness (QED) is 0.681. The minimum Gasteiger partial charge on any atom is -0.393 e. The summed E-state index contributed by atoms with van der Waals surface area (Å²) in [6.07, 6.45) is 2.86. The Morgan fingerprint density at radius 2 is 2.42 bits per heavy atom. The molecule has 1 saturated heterocycles. The maximum Gasteiger partial charge on any atom is 0.225 e. The van der Waals surface area contributed by atoms with Gasteiger partial charge in [-0.05, 0) is 12.8 Å². The van der Waals surface area contributed by atoms with Gasteiger partial charge in [0.2, 0.25) is 5.91 Å². The zero-order valence-electron chi connectivity index (χ0n) is 7.62. The SMILES string of the molecule is CCCCN1CCC(O)CC1=O. The van der Waals surface area contributed by atoms with Gasteiger partial charge < -0.3 is 10.0 Å². The standard InChI is InChI=1S/C9H17NO2/c1-2-3-5-10-6-4-8(11)7-9(10)12/h8,11H,2-7H2,1H3. The molecular formula is C9H17NO2. The van der Waals surface area contributed by atoms with Crippen LogP contribution in [0.3, 0.4) is 0 Å². The number of nitrogens with zero attached hydrogens (tertiary/aromatic N) is 1. The van der Waals surface area contributed by atoms with Crippen molar-refractivity contribution in [3.63, 3.8) is 0 Å². The predicted octanol–water partition coefficient (Wildman–Crippen LogP) is 0.770. The summed E-state index contributed by atoms with van der Waals surface area (Å²) in [6, 6.07) is 0. The molecule has 1 rings (SSSR count). The summed E-state index contributed by atoms with van der Waals surface area (Å²) < 4.78 is 0. The van der Waals surface area contributed by atoms with Gasteiger partial charge in [0.15, 0.2) is 0 Å². The fourth-order valence-electron chi connectivity index (χ4n) is 1.45. The van der Waals surface area contributed by atoms with Gasteiger partial charge in [0, 0.05) is 13.1 Å². The van der Waals surface area contributed by atoms with Crippen molar-refractivity contribution in [2.45, 2.75) is 38.7 Å². The summed E-state index contributed by atoms with van der Waals surface area (Å²) in [7, 11) is 0. The van der Waals surface area contributed by atoms with E-state index >= 15 is 0 Å². The Hall–Kier alpha value is -0.570. The maximum atomic E-state index is 11.3. The number of amides is 1. The molecule has 3 nitrogen and oxygen atoms in total. The van der Waals surface area contributed by atoms with E-state index in [-0.39, 0.29) is 5.91 Å². The Kier molecular flexibility index (Phi) is 3.53. The molecule has 0 aromatic rings. The van der Waals surface area contributed by atoms with E-state index in [9.17, 15) is 9.90 Å². The molecule has 3 heteroatoms. The van der Waals surface area contributed by atoms with Crippen LogP contribution < -0.4 is 0 Å². The number of aliphatic hydroxyl groups is 1. The molecule has 1 N–H and O–H groups in total. The Morgan fingerprint density at radius 3 is 3.00 bits per heavy atom. The van der Waals surface area contributed by atoms with Gasteiger partial charge in [-0.3, -0.25) is 4.79 Å². The van der Waals surface area contributed by atoms with Gasteiger partial charge in [-0.1, -0.05) is 13.3 Å². The molecule has 1 aliphatic heterocycles. The number of unbranched alkanes of at least 4 members (excludes halogenated alkanes) is 1.